The van der Waals surface area contributed by atoms with E-state index in [4.69, 9.17) is 4.74 Å². The van der Waals surface area contributed by atoms with Crippen LogP contribution in [0.3, 0.4) is 0 Å². The van der Waals surface area contributed by atoms with Crippen molar-refractivity contribution in [3.63, 3.8) is 0 Å². The van der Waals surface area contributed by atoms with Gasteiger partial charge in [0.25, 0.3) is 0 Å². The van der Waals surface area contributed by atoms with Crippen LogP contribution in [0.2, 0.25) is 0 Å². The highest BCUT2D eigenvalue weighted by molar-refractivity contribution is 6.06. The molecule has 0 saturated heterocycles. The van der Waals surface area contributed by atoms with Gasteiger partial charge in [-0.3, -0.25) is 4.79 Å². The predicted molar refractivity (Wildman–Crippen MR) is 55.6 cm³/mol. The molecule has 0 aliphatic carbocycles. The minimum Gasteiger partial charge on any atom is -0.488 e. The van der Waals surface area contributed by atoms with Gasteiger partial charge in [0, 0.05) is 11.1 Å². The van der Waals surface area contributed by atoms with Crippen LogP contribution in [0, 0.1) is 0 Å². The molecular weight excluding hydrogens is 192 g/mol. The van der Waals surface area contributed by atoms with Gasteiger partial charge in [-0.1, -0.05) is 18.2 Å². The van der Waals surface area contributed by atoms with Crippen molar-refractivity contribution in [2.24, 2.45) is 0 Å². The van der Waals surface area contributed by atoms with Crippen LogP contribution in [0.1, 0.15) is 12.0 Å². The Bertz CT molecular complexity index is 432. The highest BCUT2D eigenvalue weighted by atomic mass is 16.5. The van der Waals surface area contributed by atoms with Crippen LogP contribution in [0.4, 0.5) is 0 Å². The maximum Gasteiger partial charge on any atom is 0.169 e. The molecule has 1 aliphatic rings. The molecule has 1 aromatic rings. The van der Waals surface area contributed by atoms with Crippen molar-refractivity contribution in [3.05, 3.63) is 35.4 Å². The van der Waals surface area contributed by atoms with E-state index in [9.17, 15) is 9.59 Å². The van der Waals surface area contributed by atoms with Crippen molar-refractivity contribution < 1.29 is 14.3 Å². The summed E-state index contributed by atoms with van der Waals surface area (Å²) in [6.07, 6.45) is 2.33. The molecule has 0 saturated carbocycles. The summed E-state index contributed by atoms with van der Waals surface area (Å²) >= 11 is 0. The second-order valence-corrected chi connectivity index (χ2v) is 3.29. The molecule has 2 rings (SSSR count). The zero-order valence-corrected chi connectivity index (χ0v) is 8.10. The van der Waals surface area contributed by atoms with E-state index in [1.165, 1.54) is 0 Å². The summed E-state index contributed by atoms with van der Waals surface area (Å²) < 4.78 is 5.40. The first-order valence-corrected chi connectivity index (χ1v) is 4.70. The van der Waals surface area contributed by atoms with Crippen LogP contribution < -0.4 is 4.74 Å². The van der Waals surface area contributed by atoms with E-state index in [0.29, 0.717) is 11.9 Å². The van der Waals surface area contributed by atoms with Gasteiger partial charge in [0.05, 0.1) is 6.42 Å². The Kier molecular flexibility index (Phi) is 2.63. The third-order valence-electron chi connectivity index (χ3n) is 2.26. The lowest BCUT2D eigenvalue weighted by Crippen LogP contribution is -2.14. The van der Waals surface area contributed by atoms with E-state index in [1.807, 2.05) is 24.3 Å². The van der Waals surface area contributed by atoms with Crippen LogP contribution in [0.15, 0.2) is 29.8 Å². The zero-order valence-electron chi connectivity index (χ0n) is 8.10. The molecule has 0 radical (unpaired) electrons. The lowest BCUT2D eigenvalue weighted by Gasteiger charge is -2.16. The first-order valence-electron chi connectivity index (χ1n) is 4.70. The summed E-state index contributed by atoms with van der Waals surface area (Å²) in [5.74, 6) is 0.611. The van der Waals surface area contributed by atoms with Gasteiger partial charge < -0.3 is 9.53 Å². The van der Waals surface area contributed by atoms with E-state index >= 15 is 0 Å². The monoisotopic (exact) mass is 202 g/mol. The van der Waals surface area contributed by atoms with Crippen molar-refractivity contribution in [1.82, 2.24) is 0 Å². The fourth-order valence-corrected chi connectivity index (χ4v) is 1.48. The molecular formula is C12H10O3. The van der Waals surface area contributed by atoms with Gasteiger partial charge in [-0.2, -0.15) is 0 Å². The Hall–Kier alpha value is -1.90. The average Bonchev–Trinajstić information content (AvgIpc) is 2.29. The summed E-state index contributed by atoms with van der Waals surface area (Å²) in [6.45, 7) is 0.254. The second-order valence-electron chi connectivity index (χ2n) is 3.29. The number of fused-ring (bicyclic) bond motifs is 1. The fourth-order valence-electron chi connectivity index (χ4n) is 1.48. The van der Waals surface area contributed by atoms with Gasteiger partial charge >= 0.3 is 0 Å². The molecule has 1 heterocycles. The van der Waals surface area contributed by atoms with Crippen LogP contribution in [0.5, 0.6) is 5.75 Å². The topological polar surface area (TPSA) is 43.4 Å². The number of benzene rings is 1. The SMILES string of the molecule is O=CCC(=O)C1=Cc2ccccc2OC1. The normalized spacial score (nSPS) is 13.5. The van der Waals surface area contributed by atoms with Crippen LogP contribution >= 0.6 is 0 Å². The van der Waals surface area contributed by atoms with Crippen molar-refractivity contribution in [3.8, 4) is 5.75 Å². The first-order chi connectivity index (χ1) is 7.31. The Morgan fingerprint density at radius 3 is 3.00 bits per heavy atom. The number of aldehydes is 1. The predicted octanol–water partition coefficient (Wildman–Crippen LogP) is 1.62. The van der Waals surface area contributed by atoms with E-state index in [-0.39, 0.29) is 18.8 Å². The van der Waals surface area contributed by atoms with Crippen LogP contribution in [0.25, 0.3) is 6.08 Å². The van der Waals surface area contributed by atoms with Crippen molar-refractivity contribution in [2.75, 3.05) is 6.61 Å². The molecule has 76 valence electrons. The number of para-hydroxylation sites is 1. The number of Topliss-reactive ketones (excluding diaryl/α,β-unsaturated/α-hetero) is 1. The van der Waals surface area contributed by atoms with E-state index in [0.717, 1.165) is 11.3 Å². The van der Waals surface area contributed by atoms with E-state index < -0.39 is 0 Å². The molecule has 0 spiro atoms. The number of ketones is 1. The zero-order chi connectivity index (χ0) is 10.7. The minimum absolute atomic E-state index is 0.0721. The lowest BCUT2D eigenvalue weighted by atomic mass is 10.0. The fraction of sp³-hybridized carbons (Fsp3) is 0.167. The van der Waals surface area contributed by atoms with E-state index in [1.54, 1.807) is 6.08 Å². The molecule has 0 atom stereocenters. The van der Waals surface area contributed by atoms with Crippen molar-refractivity contribution >= 4 is 18.1 Å². The Morgan fingerprint density at radius 2 is 2.20 bits per heavy atom. The Morgan fingerprint density at radius 1 is 1.40 bits per heavy atom. The molecule has 0 unspecified atom stereocenters. The number of ether oxygens (including phenoxy) is 1. The van der Waals surface area contributed by atoms with Gasteiger partial charge in [0.1, 0.15) is 18.6 Å². The van der Waals surface area contributed by atoms with Gasteiger partial charge in [0.2, 0.25) is 0 Å². The lowest BCUT2D eigenvalue weighted by molar-refractivity contribution is -0.119. The smallest absolute Gasteiger partial charge is 0.169 e. The van der Waals surface area contributed by atoms with Crippen LogP contribution in [-0.2, 0) is 9.59 Å². The highest BCUT2D eigenvalue weighted by Gasteiger charge is 2.15. The molecule has 0 fully saturated rings. The molecule has 0 bridgehead atoms. The number of hydrogen-bond donors (Lipinski definition) is 0. The van der Waals surface area contributed by atoms with Crippen molar-refractivity contribution in [1.29, 1.82) is 0 Å². The number of carbonyl (C=O) groups is 2. The molecule has 0 aromatic heterocycles. The summed E-state index contributed by atoms with van der Waals surface area (Å²) in [5, 5.41) is 0. The maximum absolute atomic E-state index is 11.4. The summed E-state index contributed by atoms with van der Waals surface area (Å²) in [7, 11) is 0. The van der Waals surface area contributed by atoms with Gasteiger partial charge in [-0.05, 0) is 12.1 Å². The quantitative estimate of drug-likeness (QED) is 0.552. The molecule has 1 aromatic carbocycles. The summed E-state index contributed by atoms with van der Waals surface area (Å²) in [6, 6.07) is 7.49. The van der Waals surface area contributed by atoms with Crippen molar-refractivity contribution in [2.45, 2.75) is 6.42 Å². The largest absolute Gasteiger partial charge is 0.488 e. The number of rotatable bonds is 3. The maximum atomic E-state index is 11.4. The average molecular weight is 202 g/mol. The third kappa shape index (κ3) is 1.96. The van der Waals surface area contributed by atoms with Crippen LogP contribution in [-0.4, -0.2) is 18.7 Å². The van der Waals surface area contributed by atoms with Gasteiger partial charge in [0.15, 0.2) is 5.78 Å². The third-order valence-corrected chi connectivity index (χ3v) is 2.26. The molecule has 1 aliphatic heterocycles. The second kappa shape index (κ2) is 4.09. The molecule has 15 heavy (non-hydrogen) atoms. The minimum atomic E-state index is -0.167. The summed E-state index contributed by atoms with van der Waals surface area (Å²) in [4.78, 5) is 21.6. The number of carbonyl (C=O) groups excluding carboxylic acids is 2. The number of hydrogen-bond acceptors (Lipinski definition) is 3. The Labute approximate surface area is 87.4 Å². The molecule has 0 N–H and O–H groups in total. The molecule has 3 nitrogen and oxygen atoms in total. The first kappa shape index (κ1) is 9.65. The van der Waals surface area contributed by atoms with Gasteiger partial charge in [-0.25, -0.2) is 0 Å². The molecule has 0 amide bonds. The Balaban J connectivity index is 2.29. The molecule has 3 heteroatoms. The van der Waals surface area contributed by atoms with Gasteiger partial charge in [-0.15, -0.1) is 0 Å². The standard InChI is InChI=1S/C12H10O3/c13-6-5-11(14)10-7-9-3-1-2-4-12(9)15-8-10/h1-4,6-7H,5,8H2. The highest BCUT2D eigenvalue weighted by Crippen LogP contribution is 2.26. The van der Waals surface area contributed by atoms with E-state index in [2.05, 4.69) is 0 Å². The summed E-state index contributed by atoms with van der Waals surface area (Å²) in [5.41, 5.74) is 1.44.